The van der Waals surface area contributed by atoms with Crippen LogP contribution in [0.3, 0.4) is 0 Å². The van der Waals surface area contributed by atoms with E-state index in [0.717, 1.165) is 128 Å². The molecule has 0 saturated heterocycles. The summed E-state index contributed by atoms with van der Waals surface area (Å²) < 4.78 is 23.7. The quantitative estimate of drug-likeness (QED) is 0.0243. The van der Waals surface area contributed by atoms with E-state index in [4.69, 9.17) is 9.05 Å². The first-order chi connectivity index (χ1) is 39.0. The fourth-order valence-electron chi connectivity index (χ4n) is 8.02. The van der Waals surface area contributed by atoms with Crippen LogP contribution in [0.4, 0.5) is 0 Å². The second-order valence-electron chi connectivity index (χ2n) is 21.7. The molecular formula is C71H118N2O6P+. The predicted molar refractivity (Wildman–Crippen MR) is 350 cm³/mol. The molecule has 0 aliphatic rings. The summed E-state index contributed by atoms with van der Waals surface area (Å²) in [7, 11) is 1.51. The highest BCUT2D eigenvalue weighted by molar-refractivity contribution is 7.47. The van der Waals surface area contributed by atoms with Crippen LogP contribution in [0.2, 0.25) is 0 Å². The Bertz CT molecular complexity index is 1900. The molecule has 1 amide bonds. The summed E-state index contributed by atoms with van der Waals surface area (Å²) in [6.45, 7) is 4.63. The van der Waals surface area contributed by atoms with Crippen molar-refractivity contribution in [2.24, 2.45) is 0 Å². The minimum atomic E-state index is -4.37. The predicted octanol–water partition coefficient (Wildman–Crippen LogP) is 20.0. The second-order valence-corrected chi connectivity index (χ2v) is 23.1. The average Bonchev–Trinajstić information content (AvgIpc) is 3.42. The summed E-state index contributed by atoms with van der Waals surface area (Å²) in [5.74, 6) is -0.210. The molecule has 0 aromatic carbocycles. The highest BCUT2D eigenvalue weighted by Crippen LogP contribution is 2.43. The van der Waals surface area contributed by atoms with E-state index in [2.05, 4.69) is 177 Å². The molecule has 9 heteroatoms. The Kier molecular flexibility index (Phi) is 56.4. The Labute approximate surface area is 492 Å². The highest BCUT2D eigenvalue weighted by Gasteiger charge is 2.27. The second kappa shape index (κ2) is 59.5. The van der Waals surface area contributed by atoms with Gasteiger partial charge in [-0.05, 0) is 128 Å². The number of carbonyl (C=O) groups is 1. The van der Waals surface area contributed by atoms with Crippen molar-refractivity contribution in [3.63, 3.8) is 0 Å². The van der Waals surface area contributed by atoms with Crippen molar-refractivity contribution in [3.05, 3.63) is 170 Å². The molecule has 0 radical (unpaired) electrons. The van der Waals surface area contributed by atoms with E-state index in [0.29, 0.717) is 17.4 Å². The topological polar surface area (TPSA) is 105 Å². The van der Waals surface area contributed by atoms with Gasteiger partial charge in [0, 0.05) is 6.42 Å². The van der Waals surface area contributed by atoms with Gasteiger partial charge in [0.05, 0.1) is 39.9 Å². The average molecular weight is 1130 g/mol. The van der Waals surface area contributed by atoms with Crippen molar-refractivity contribution < 1.29 is 32.9 Å². The fourth-order valence-corrected chi connectivity index (χ4v) is 8.75. The number of phosphoric ester groups is 1. The first-order valence-electron chi connectivity index (χ1n) is 31.5. The van der Waals surface area contributed by atoms with Crippen LogP contribution < -0.4 is 5.32 Å². The number of unbranched alkanes of at least 4 members (excludes halogenated alkanes) is 16. The van der Waals surface area contributed by atoms with Gasteiger partial charge in [-0.1, -0.05) is 255 Å². The lowest BCUT2D eigenvalue weighted by Crippen LogP contribution is -2.45. The van der Waals surface area contributed by atoms with Crippen LogP contribution in [0.5, 0.6) is 0 Å². The number of allylic oxidation sites excluding steroid dienone is 27. The lowest BCUT2D eigenvalue weighted by molar-refractivity contribution is -0.870. The number of aliphatic hydroxyl groups excluding tert-OH is 1. The fraction of sp³-hybridized carbons (Fsp3) is 0.592. The van der Waals surface area contributed by atoms with Crippen LogP contribution in [0.1, 0.15) is 219 Å². The summed E-state index contributed by atoms with van der Waals surface area (Å²) in [4.78, 5) is 23.3. The SMILES string of the molecule is CC/C=C\C/C=C\C/C=C\C/C=C\C/C=C\C/C=C\C/C=C\C/C=C\C/C=C\C/C=C\C/C=C\CCCCCCCCCC(=O)NC(COP(=O)(O)OCC[N+](C)(C)C)C(O)/C=C/CC/C=C/CC/C=C/CCCCCCCCC. The van der Waals surface area contributed by atoms with E-state index in [1.54, 1.807) is 6.08 Å². The van der Waals surface area contributed by atoms with Crippen molar-refractivity contribution in [3.8, 4) is 0 Å². The lowest BCUT2D eigenvalue weighted by atomic mass is 10.1. The van der Waals surface area contributed by atoms with Gasteiger partial charge in [0.25, 0.3) is 0 Å². The number of likely N-dealkylation sites (N-methyl/N-ethyl adjacent to an activating group) is 1. The molecule has 452 valence electrons. The molecule has 0 aliphatic carbocycles. The monoisotopic (exact) mass is 1130 g/mol. The van der Waals surface area contributed by atoms with E-state index in [9.17, 15) is 19.4 Å². The van der Waals surface area contributed by atoms with E-state index in [-0.39, 0.29) is 19.1 Å². The number of nitrogens with zero attached hydrogens (tertiary/aromatic N) is 1. The third kappa shape index (κ3) is 61.5. The van der Waals surface area contributed by atoms with E-state index in [1.807, 2.05) is 27.2 Å². The standard InChI is InChI=1S/C71H117N2O6P/c1-6-8-10-12-14-16-18-20-22-24-25-26-27-28-29-30-31-32-33-34-35-36-37-38-39-40-41-42-43-44-45-46-47-49-51-53-55-57-59-61-63-65-71(75)72-69(68-79-80(76,77)78-67-66-73(3,4)5)70(74)64-62-60-58-56-54-52-50-48-23-21-19-17-15-13-11-9-7-2/h8,10,14,16,20,22-23,25-26,28-29,31-32,34-35,37-38,40-41,43-44,46-48,54,56,62,64,69-70,74H,6-7,9,11-13,15,17-19,21,24,27,30,33,36,39,42,45,49-53,55,57-61,63,65-68H2,1-5H3,(H-,72,75,76,77)/p+1/b10-8-,16-14-,22-20-,26-25-,29-28-,32-31-,35-34-,38-37-,41-40-,44-43-,47-46-,48-23+,56-54+,64-62+. The molecule has 0 heterocycles. The molecule has 0 rings (SSSR count). The number of carbonyl (C=O) groups excluding carboxylic acids is 1. The molecule has 3 unspecified atom stereocenters. The maximum atomic E-state index is 13.0. The molecule has 3 N–H and O–H groups in total. The van der Waals surface area contributed by atoms with E-state index < -0.39 is 20.0 Å². The van der Waals surface area contributed by atoms with Crippen LogP contribution in [0.15, 0.2) is 170 Å². The van der Waals surface area contributed by atoms with Gasteiger partial charge in [-0.15, -0.1) is 0 Å². The third-order valence-corrected chi connectivity index (χ3v) is 13.9. The summed E-state index contributed by atoms with van der Waals surface area (Å²) in [5.41, 5.74) is 0. The van der Waals surface area contributed by atoms with Crippen molar-refractivity contribution in [1.82, 2.24) is 5.32 Å². The number of amides is 1. The molecular weight excluding hydrogens is 1010 g/mol. The summed E-state index contributed by atoms with van der Waals surface area (Å²) in [5, 5.41) is 13.9. The Balaban J connectivity index is 4.21. The molecule has 0 saturated carbocycles. The number of hydrogen-bond donors (Lipinski definition) is 3. The van der Waals surface area contributed by atoms with Crippen molar-refractivity contribution in [2.45, 2.75) is 231 Å². The molecule has 0 bridgehead atoms. The van der Waals surface area contributed by atoms with Gasteiger partial charge in [0.2, 0.25) is 5.91 Å². The third-order valence-electron chi connectivity index (χ3n) is 12.9. The molecule has 8 nitrogen and oxygen atoms in total. The zero-order valence-electron chi connectivity index (χ0n) is 51.5. The van der Waals surface area contributed by atoms with Crippen molar-refractivity contribution in [2.75, 3.05) is 40.9 Å². The van der Waals surface area contributed by atoms with Gasteiger partial charge >= 0.3 is 7.82 Å². The molecule has 3 atom stereocenters. The largest absolute Gasteiger partial charge is 0.472 e. The number of quaternary nitrogens is 1. The molecule has 0 aromatic heterocycles. The number of rotatable bonds is 55. The van der Waals surface area contributed by atoms with Crippen LogP contribution in [0.25, 0.3) is 0 Å². The zero-order chi connectivity index (χ0) is 58.4. The van der Waals surface area contributed by atoms with Crippen molar-refractivity contribution >= 4 is 13.7 Å². The van der Waals surface area contributed by atoms with Crippen LogP contribution >= 0.6 is 7.82 Å². The maximum Gasteiger partial charge on any atom is 0.472 e. The summed E-state index contributed by atoms with van der Waals surface area (Å²) >= 11 is 0. The van der Waals surface area contributed by atoms with Crippen LogP contribution in [-0.4, -0.2) is 73.4 Å². The van der Waals surface area contributed by atoms with Gasteiger partial charge < -0.3 is 19.8 Å². The Morgan fingerprint density at radius 1 is 0.438 bits per heavy atom. The van der Waals surface area contributed by atoms with E-state index in [1.165, 1.54) is 70.6 Å². The number of nitrogens with one attached hydrogen (secondary N) is 1. The van der Waals surface area contributed by atoms with E-state index >= 15 is 0 Å². The Hall–Kier alpha value is -4.14. The Morgan fingerprint density at radius 2 is 0.762 bits per heavy atom. The first-order valence-corrected chi connectivity index (χ1v) is 33.0. The Morgan fingerprint density at radius 3 is 1.15 bits per heavy atom. The van der Waals surface area contributed by atoms with Gasteiger partial charge in [-0.3, -0.25) is 13.8 Å². The number of hydrogen-bond acceptors (Lipinski definition) is 5. The first kappa shape index (κ1) is 75.9. The van der Waals surface area contributed by atoms with Gasteiger partial charge in [0.1, 0.15) is 13.2 Å². The number of aliphatic hydroxyl groups is 1. The smallest absolute Gasteiger partial charge is 0.387 e. The lowest BCUT2D eigenvalue weighted by Gasteiger charge is -2.25. The normalized spacial score (nSPS) is 14.9. The summed E-state index contributed by atoms with van der Waals surface area (Å²) in [6, 6.07) is -0.889. The summed E-state index contributed by atoms with van der Waals surface area (Å²) in [6.07, 6.45) is 94.7. The van der Waals surface area contributed by atoms with Crippen LogP contribution in [-0.2, 0) is 18.4 Å². The van der Waals surface area contributed by atoms with Crippen molar-refractivity contribution in [1.29, 1.82) is 0 Å². The van der Waals surface area contributed by atoms with Gasteiger partial charge in [0.15, 0.2) is 0 Å². The number of phosphoric acid groups is 1. The van der Waals surface area contributed by atoms with Crippen LogP contribution in [0, 0.1) is 0 Å². The molecule has 0 aliphatic heterocycles. The molecule has 0 spiro atoms. The van der Waals surface area contributed by atoms with Gasteiger partial charge in [-0.25, -0.2) is 4.57 Å². The van der Waals surface area contributed by atoms with Gasteiger partial charge in [-0.2, -0.15) is 0 Å². The minimum absolute atomic E-state index is 0.0423. The molecule has 0 fully saturated rings. The minimum Gasteiger partial charge on any atom is -0.387 e. The highest BCUT2D eigenvalue weighted by atomic mass is 31.2. The molecule has 80 heavy (non-hydrogen) atoms. The molecule has 0 aromatic rings. The maximum absolute atomic E-state index is 13.0. The zero-order valence-corrected chi connectivity index (χ0v) is 52.4.